The predicted octanol–water partition coefficient (Wildman–Crippen LogP) is 4.46. The van der Waals surface area contributed by atoms with Crippen LogP contribution in [0.4, 0.5) is 0 Å². The first-order valence-electron chi connectivity index (χ1n) is 8.73. The van der Waals surface area contributed by atoms with Gasteiger partial charge in [0.25, 0.3) is 0 Å². The molecule has 6 heteroatoms. The van der Waals surface area contributed by atoms with Gasteiger partial charge in [-0.3, -0.25) is 9.59 Å². The fourth-order valence-corrected chi connectivity index (χ4v) is 4.22. The van der Waals surface area contributed by atoms with Crippen molar-refractivity contribution in [2.45, 2.75) is 56.9 Å². The van der Waals surface area contributed by atoms with E-state index in [0.717, 1.165) is 17.5 Å². The van der Waals surface area contributed by atoms with E-state index in [1.165, 1.54) is 0 Å². The molecule has 0 N–H and O–H groups in total. The number of carbonyl (C=O) groups is 2. The highest BCUT2D eigenvalue weighted by molar-refractivity contribution is 9.10. The van der Waals surface area contributed by atoms with Crippen LogP contribution < -0.4 is 4.74 Å². The summed E-state index contributed by atoms with van der Waals surface area (Å²) in [5.74, 6) is 0.855. The molecule has 2 aliphatic heterocycles. The van der Waals surface area contributed by atoms with E-state index in [2.05, 4.69) is 15.9 Å². The Kier molecular flexibility index (Phi) is 5.18. The average Bonchev–Trinajstić information content (AvgIpc) is 2.58. The molecule has 2 aliphatic rings. The van der Waals surface area contributed by atoms with Crippen LogP contribution in [0.5, 0.6) is 5.75 Å². The number of ether oxygens (including phenoxy) is 1. The summed E-state index contributed by atoms with van der Waals surface area (Å²) < 4.78 is 6.33. The Labute approximate surface area is 162 Å². The number of nitrogens with zero attached hydrogens (tertiary/aromatic N) is 1. The molecule has 1 aromatic carbocycles. The first kappa shape index (κ1) is 18.7. The number of piperidine rings is 1. The standard InChI is InChI=1S/C19H23BrClNO3/c1-4-13(20)18(24)22-7-5-19(6-8-22)10-14(23)16-12(3)17(21)11(2)9-15(16)25-19/h9,13H,4-8,10H2,1-3H3. The Morgan fingerprint density at radius 3 is 2.64 bits per heavy atom. The van der Waals surface area contributed by atoms with Gasteiger partial charge in [0.1, 0.15) is 11.4 Å². The largest absolute Gasteiger partial charge is 0.486 e. The molecule has 1 aromatic rings. The molecule has 0 saturated carbocycles. The fraction of sp³-hybridized carbons (Fsp3) is 0.579. The lowest BCUT2D eigenvalue weighted by Crippen LogP contribution is -2.53. The van der Waals surface area contributed by atoms with Gasteiger partial charge in [-0.05, 0) is 37.5 Å². The maximum Gasteiger partial charge on any atom is 0.236 e. The number of fused-ring (bicyclic) bond motifs is 1. The van der Waals surface area contributed by atoms with Crippen LogP contribution in [-0.4, -0.2) is 40.1 Å². The van der Waals surface area contributed by atoms with E-state index in [4.69, 9.17) is 16.3 Å². The number of alkyl halides is 1. The molecule has 3 rings (SSSR count). The number of ketones is 1. The second-order valence-electron chi connectivity index (χ2n) is 7.09. The van der Waals surface area contributed by atoms with Crippen LogP contribution in [-0.2, 0) is 4.79 Å². The van der Waals surface area contributed by atoms with E-state index < -0.39 is 5.60 Å². The first-order chi connectivity index (χ1) is 11.8. The smallest absolute Gasteiger partial charge is 0.236 e. The van der Waals surface area contributed by atoms with E-state index in [1.54, 1.807) is 0 Å². The van der Waals surface area contributed by atoms with Crippen molar-refractivity contribution < 1.29 is 14.3 Å². The van der Waals surface area contributed by atoms with Crippen LogP contribution >= 0.6 is 27.5 Å². The van der Waals surface area contributed by atoms with Gasteiger partial charge in [0.15, 0.2) is 5.78 Å². The summed E-state index contributed by atoms with van der Waals surface area (Å²) in [4.78, 5) is 26.9. The molecule has 4 nitrogen and oxygen atoms in total. The zero-order valence-corrected chi connectivity index (χ0v) is 17.2. The Morgan fingerprint density at radius 1 is 1.40 bits per heavy atom. The van der Waals surface area contributed by atoms with Crippen molar-refractivity contribution in [1.29, 1.82) is 0 Å². The van der Waals surface area contributed by atoms with E-state index in [9.17, 15) is 9.59 Å². The number of amides is 1. The van der Waals surface area contributed by atoms with Gasteiger partial charge in [0, 0.05) is 31.0 Å². The van der Waals surface area contributed by atoms with Gasteiger partial charge < -0.3 is 9.64 Å². The topological polar surface area (TPSA) is 46.6 Å². The lowest BCUT2D eigenvalue weighted by atomic mass is 9.81. The Morgan fingerprint density at radius 2 is 2.04 bits per heavy atom. The molecule has 1 spiro atoms. The first-order valence-corrected chi connectivity index (χ1v) is 10.0. The summed E-state index contributed by atoms with van der Waals surface area (Å²) in [7, 11) is 0. The molecular weight excluding hydrogens is 406 g/mol. The van der Waals surface area contributed by atoms with Crippen molar-refractivity contribution in [2.75, 3.05) is 13.1 Å². The summed E-state index contributed by atoms with van der Waals surface area (Å²) in [6.07, 6.45) is 2.47. The number of carbonyl (C=O) groups excluding carboxylic acids is 2. The van der Waals surface area contributed by atoms with E-state index in [0.29, 0.717) is 48.7 Å². The van der Waals surface area contributed by atoms with Gasteiger partial charge in [0.05, 0.1) is 16.8 Å². The van der Waals surface area contributed by atoms with Crippen LogP contribution in [0.3, 0.4) is 0 Å². The summed E-state index contributed by atoms with van der Waals surface area (Å²) in [6.45, 7) is 7.02. The van der Waals surface area contributed by atoms with Gasteiger partial charge in [-0.15, -0.1) is 0 Å². The van der Waals surface area contributed by atoms with Gasteiger partial charge in [-0.2, -0.15) is 0 Å². The lowest BCUT2D eigenvalue weighted by Gasteiger charge is -2.44. The molecule has 0 radical (unpaired) electrons. The van der Waals surface area contributed by atoms with E-state index >= 15 is 0 Å². The summed E-state index contributed by atoms with van der Waals surface area (Å²) in [5, 5.41) is 0.634. The van der Waals surface area contributed by atoms with Crippen molar-refractivity contribution in [1.82, 2.24) is 4.90 Å². The molecule has 0 bridgehead atoms. The summed E-state index contributed by atoms with van der Waals surface area (Å²) in [5.41, 5.74) is 1.84. The van der Waals surface area contributed by atoms with E-state index in [-0.39, 0.29) is 16.5 Å². The molecule has 25 heavy (non-hydrogen) atoms. The third-order valence-corrected chi connectivity index (χ3v) is 6.97. The normalized spacial score (nSPS) is 20.2. The number of aryl methyl sites for hydroxylation is 1. The maximum absolute atomic E-state index is 12.8. The van der Waals surface area contributed by atoms with Gasteiger partial charge in [-0.1, -0.05) is 34.5 Å². The van der Waals surface area contributed by atoms with Crippen LogP contribution in [0.15, 0.2) is 6.07 Å². The second kappa shape index (κ2) is 6.92. The van der Waals surface area contributed by atoms with Gasteiger partial charge in [0.2, 0.25) is 5.91 Å². The molecule has 2 heterocycles. The van der Waals surface area contributed by atoms with Crippen molar-refractivity contribution in [3.05, 3.63) is 27.8 Å². The maximum atomic E-state index is 12.8. The van der Waals surface area contributed by atoms with Crippen LogP contribution in [0.25, 0.3) is 0 Å². The number of hydrogen-bond acceptors (Lipinski definition) is 3. The fourth-order valence-electron chi connectivity index (χ4n) is 3.79. The molecule has 1 saturated heterocycles. The number of halogens is 2. The monoisotopic (exact) mass is 427 g/mol. The molecular formula is C19H23BrClNO3. The number of likely N-dealkylation sites (tertiary alicyclic amines) is 1. The third-order valence-electron chi connectivity index (χ3n) is 5.35. The molecule has 0 aliphatic carbocycles. The molecule has 1 unspecified atom stereocenters. The Hall–Kier alpha value is -1.07. The molecule has 1 fully saturated rings. The van der Waals surface area contributed by atoms with Crippen LogP contribution in [0.1, 0.15) is 54.1 Å². The quantitative estimate of drug-likeness (QED) is 0.654. The molecule has 0 aromatic heterocycles. The predicted molar refractivity (Wildman–Crippen MR) is 102 cm³/mol. The SMILES string of the molecule is CCC(Br)C(=O)N1CCC2(CC1)CC(=O)c1c(cc(C)c(Cl)c1C)O2. The zero-order valence-electron chi connectivity index (χ0n) is 14.8. The van der Waals surface area contributed by atoms with Crippen molar-refractivity contribution >= 4 is 39.2 Å². The van der Waals surface area contributed by atoms with Crippen LogP contribution in [0.2, 0.25) is 5.02 Å². The minimum atomic E-state index is -0.498. The Balaban J connectivity index is 1.81. The molecule has 1 atom stereocenters. The van der Waals surface area contributed by atoms with Gasteiger partial charge in [-0.25, -0.2) is 0 Å². The highest BCUT2D eigenvalue weighted by Crippen LogP contribution is 2.43. The highest BCUT2D eigenvalue weighted by atomic mass is 79.9. The van der Waals surface area contributed by atoms with Crippen molar-refractivity contribution in [3.8, 4) is 5.75 Å². The van der Waals surface area contributed by atoms with Crippen LogP contribution in [0, 0.1) is 13.8 Å². The second-order valence-corrected chi connectivity index (χ2v) is 8.57. The number of hydrogen-bond donors (Lipinski definition) is 0. The molecule has 1 amide bonds. The van der Waals surface area contributed by atoms with Crippen molar-refractivity contribution in [2.24, 2.45) is 0 Å². The zero-order chi connectivity index (χ0) is 18.4. The summed E-state index contributed by atoms with van der Waals surface area (Å²) in [6, 6.07) is 1.87. The molecule has 136 valence electrons. The minimum absolute atomic E-state index is 0.0901. The number of Topliss-reactive ketones (excluding diaryl/α,β-unsaturated/α-hetero) is 1. The highest BCUT2D eigenvalue weighted by Gasteiger charge is 2.44. The Bertz CT molecular complexity index is 726. The minimum Gasteiger partial charge on any atom is -0.486 e. The summed E-state index contributed by atoms with van der Waals surface area (Å²) >= 11 is 9.73. The van der Waals surface area contributed by atoms with Gasteiger partial charge >= 0.3 is 0 Å². The van der Waals surface area contributed by atoms with E-state index in [1.807, 2.05) is 31.7 Å². The number of benzene rings is 1. The lowest BCUT2D eigenvalue weighted by molar-refractivity contribution is -0.134. The third kappa shape index (κ3) is 3.33. The van der Waals surface area contributed by atoms with Crippen molar-refractivity contribution in [3.63, 3.8) is 0 Å². The number of rotatable bonds is 2. The average molecular weight is 429 g/mol.